The summed E-state index contributed by atoms with van der Waals surface area (Å²) in [6.07, 6.45) is 2.15. The van der Waals surface area contributed by atoms with Crippen LogP contribution in [0.1, 0.15) is 47.5 Å². The van der Waals surface area contributed by atoms with Crippen LogP contribution >= 0.6 is 0 Å². The Morgan fingerprint density at radius 2 is 1.86 bits per heavy atom. The zero-order valence-electron chi connectivity index (χ0n) is 21.3. The Kier molecular flexibility index (Phi) is 6.81. The molecule has 0 bridgehead atoms. The molecule has 0 unspecified atom stereocenters. The molecule has 1 aliphatic rings. The van der Waals surface area contributed by atoms with E-state index >= 15 is 0 Å². The first-order valence-corrected chi connectivity index (χ1v) is 12.6. The number of nitrogens with zero attached hydrogens (tertiary/aromatic N) is 4. The molecular formula is C29H31N5O3. The van der Waals surface area contributed by atoms with E-state index in [1.165, 1.54) is 0 Å². The summed E-state index contributed by atoms with van der Waals surface area (Å²) in [7, 11) is 0. The number of nitrogens with one attached hydrogen (secondary N) is 1. The van der Waals surface area contributed by atoms with Gasteiger partial charge in [0.15, 0.2) is 0 Å². The van der Waals surface area contributed by atoms with Crippen LogP contribution in [-0.2, 0) is 16.1 Å². The quantitative estimate of drug-likeness (QED) is 0.386. The van der Waals surface area contributed by atoms with Crippen molar-refractivity contribution in [2.24, 2.45) is 0 Å². The van der Waals surface area contributed by atoms with E-state index in [1.807, 2.05) is 65.2 Å². The smallest absolute Gasteiger partial charge is 0.318 e. The molecule has 8 heteroatoms. The molecule has 0 saturated heterocycles. The van der Waals surface area contributed by atoms with Crippen molar-refractivity contribution in [3.05, 3.63) is 101 Å². The third-order valence-corrected chi connectivity index (χ3v) is 6.62. The van der Waals surface area contributed by atoms with Crippen LogP contribution in [0.5, 0.6) is 0 Å². The highest BCUT2D eigenvalue weighted by Gasteiger charge is 2.36. The predicted molar refractivity (Wildman–Crippen MR) is 141 cm³/mol. The number of rotatable bonds is 6. The molecule has 0 radical (unpaired) electrons. The van der Waals surface area contributed by atoms with Crippen LogP contribution in [0.25, 0.3) is 11.5 Å². The number of aromatic nitrogens is 3. The van der Waals surface area contributed by atoms with Gasteiger partial charge in [-0.1, -0.05) is 48.0 Å². The van der Waals surface area contributed by atoms with Crippen LogP contribution in [0.15, 0.2) is 72.9 Å². The first kappa shape index (κ1) is 24.4. The highest BCUT2D eigenvalue weighted by Crippen LogP contribution is 2.38. The number of hydrogen-bond acceptors (Lipinski definition) is 4. The maximum absolute atomic E-state index is 13.7. The Morgan fingerprint density at radius 1 is 1.05 bits per heavy atom. The van der Waals surface area contributed by atoms with E-state index in [0.717, 1.165) is 39.6 Å². The zero-order valence-corrected chi connectivity index (χ0v) is 21.3. The molecule has 5 rings (SSSR count). The molecule has 2 aromatic heterocycles. The number of para-hydroxylation sites is 1. The fourth-order valence-corrected chi connectivity index (χ4v) is 4.95. The molecule has 37 heavy (non-hydrogen) atoms. The molecule has 2 aromatic carbocycles. The Hall–Kier alpha value is -4.33. The number of fused-ring (bicyclic) bond motifs is 3. The molecule has 0 fully saturated rings. The van der Waals surface area contributed by atoms with Crippen molar-refractivity contribution in [3.63, 3.8) is 0 Å². The van der Waals surface area contributed by atoms with Gasteiger partial charge in [-0.15, -0.1) is 0 Å². The van der Waals surface area contributed by atoms with Gasteiger partial charge in [0.25, 0.3) is 0 Å². The van der Waals surface area contributed by atoms with Crippen LogP contribution in [0.4, 0.5) is 4.79 Å². The lowest BCUT2D eigenvalue weighted by atomic mass is 10.00. The largest absolute Gasteiger partial charge is 0.466 e. The van der Waals surface area contributed by atoms with E-state index in [0.29, 0.717) is 13.2 Å². The molecule has 4 aromatic rings. The van der Waals surface area contributed by atoms with Crippen LogP contribution in [-0.4, -0.2) is 44.4 Å². The molecule has 0 spiro atoms. The van der Waals surface area contributed by atoms with Gasteiger partial charge in [-0.05, 0) is 50.6 Å². The number of urea groups is 1. The van der Waals surface area contributed by atoms with Crippen LogP contribution in [0, 0.1) is 13.8 Å². The highest BCUT2D eigenvalue weighted by molar-refractivity contribution is 5.77. The van der Waals surface area contributed by atoms with Crippen LogP contribution in [0.3, 0.4) is 0 Å². The van der Waals surface area contributed by atoms with Crippen molar-refractivity contribution < 1.29 is 14.3 Å². The lowest BCUT2D eigenvalue weighted by molar-refractivity contribution is -0.142. The third-order valence-electron chi connectivity index (χ3n) is 6.62. The second-order valence-electron chi connectivity index (χ2n) is 9.17. The zero-order chi connectivity index (χ0) is 25.9. The summed E-state index contributed by atoms with van der Waals surface area (Å²) in [5.74, 6) is 0.591. The van der Waals surface area contributed by atoms with Crippen molar-refractivity contribution in [2.45, 2.75) is 39.8 Å². The SMILES string of the molecule is CCOC(=O)CCNC(=O)N1Cc2c(C)nn(-c3ccccc3)c2-n2cccc2[C@@H]1c1cccc(C)c1. The highest BCUT2D eigenvalue weighted by atomic mass is 16.5. The fraction of sp³-hybridized carbons (Fsp3) is 0.276. The topological polar surface area (TPSA) is 81.4 Å². The molecule has 1 atom stereocenters. The molecule has 190 valence electrons. The normalized spacial score (nSPS) is 14.5. The lowest BCUT2D eigenvalue weighted by Crippen LogP contribution is -2.42. The molecule has 1 aliphatic heterocycles. The van der Waals surface area contributed by atoms with Crippen molar-refractivity contribution in [2.75, 3.05) is 13.2 Å². The van der Waals surface area contributed by atoms with E-state index in [9.17, 15) is 9.59 Å². The maximum atomic E-state index is 13.7. The monoisotopic (exact) mass is 497 g/mol. The van der Waals surface area contributed by atoms with E-state index in [2.05, 4.69) is 41.1 Å². The molecule has 1 N–H and O–H groups in total. The molecule has 2 amide bonds. The maximum Gasteiger partial charge on any atom is 0.318 e. The van der Waals surface area contributed by atoms with Crippen molar-refractivity contribution in [3.8, 4) is 11.5 Å². The summed E-state index contributed by atoms with van der Waals surface area (Å²) in [6, 6.07) is 21.7. The first-order valence-electron chi connectivity index (χ1n) is 12.6. The minimum Gasteiger partial charge on any atom is -0.466 e. The van der Waals surface area contributed by atoms with Gasteiger partial charge in [0, 0.05) is 18.3 Å². The number of esters is 1. The van der Waals surface area contributed by atoms with Gasteiger partial charge in [-0.3, -0.25) is 4.79 Å². The van der Waals surface area contributed by atoms with Crippen LogP contribution in [0.2, 0.25) is 0 Å². The number of benzene rings is 2. The average Bonchev–Trinajstić information content (AvgIpc) is 3.45. The third kappa shape index (κ3) is 4.74. The summed E-state index contributed by atoms with van der Waals surface area (Å²) in [6.45, 7) is 6.68. The second-order valence-corrected chi connectivity index (χ2v) is 9.17. The van der Waals surface area contributed by atoms with Gasteiger partial charge < -0.3 is 19.5 Å². The Bertz CT molecular complexity index is 1420. The molecule has 0 aliphatic carbocycles. The Labute approximate surface area is 216 Å². The van der Waals surface area contributed by atoms with Gasteiger partial charge >= 0.3 is 12.0 Å². The van der Waals surface area contributed by atoms with Crippen molar-refractivity contribution >= 4 is 12.0 Å². The minimum absolute atomic E-state index is 0.120. The summed E-state index contributed by atoms with van der Waals surface area (Å²) < 4.78 is 9.11. The van der Waals surface area contributed by atoms with E-state index in [1.54, 1.807) is 6.92 Å². The Balaban J connectivity index is 1.61. The van der Waals surface area contributed by atoms with Gasteiger partial charge in [0.2, 0.25) is 0 Å². The number of carbonyl (C=O) groups excluding carboxylic acids is 2. The summed E-state index contributed by atoms with van der Waals surface area (Å²) in [4.78, 5) is 27.4. The van der Waals surface area contributed by atoms with Gasteiger partial charge in [-0.25, -0.2) is 9.48 Å². The summed E-state index contributed by atoms with van der Waals surface area (Å²) >= 11 is 0. The van der Waals surface area contributed by atoms with E-state index < -0.39 is 0 Å². The summed E-state index contributed by atoms with van der Waals surface area (Å²) in [5.41, 5.74) is 5.87. The molecule has 3 heterocycles. The number of aryl methyl sites for hydroxylation is 2. The molecule has 8 nitrogen and oxygen atoms in total. The minimum atomic E-state index is -0.339. The first-order chi connectivity index (χ1) is 18.0. The van der Waals surface area contributed by atoms with E-state index in [-0.39, 0.29) is 31.0 Å². The van der Waals surface area contributed by atoms with Gasteiger partial charge in [0.1, 0.15) is 5.82 Å². The van der Waals surface area contributed by atoms with Crippen LogP contribution < -0.4 is 5.32 Å². The molecular weight excluding hydrogens is 466 g/mol. The van der Waals surface area contributed by atoms with Gasteiger partial charge in [-0.2, -0.15) is 5.10 Å². The van der Waals surface area contributed by atoms with Crippen molar-refractivity contribution in [1.82, 2.24) is 24.6 Å². The average molecular weight is 498 g/mol. The van der Waals surface area contributed by atoms with Gasteiger partial charge in [0.05, 0.1) is 42.7 Å². The standard InChI is InChI=1S/C29H31N5O3/c1-4-37-26(35)15-16-30-29(36)33-19-24-21(3)31-34(23-12-6-5-7-13-23)28(24)32-17-9-14-25(32)27(33)22-11-8-10-20(2)18-22/h5-14,17-18,27H,4,15-16,19H2,1-3H3,(H,30,36)/t27-/m0/s1. The molecule has 0 saturated carbocycles. The lowest BCUT2D eigenvalue weighted by Gasteiger charge is -2.31. The fourth-order valence-electron chi connectivity index (χ4n) is 4.95. The number of hydrogen-bond donors (Lipinski definition) is 1. The number of amides is 2. The Morgan fingerprint density at radius 3 is 2.62 bits per heavy atom. The predicted octanol–water partition coefficient (Wildman–Crippen LogP) is 4.85. The van der Waals surface area contributed by atoms with Crippen molar-refractivity contribution in [1.29, 1.82) is 0 Å². The number of ether oxygens (including phenoxy) is 1. The second kappa shape index (κ2) is 10.3. The summed E-state index contributed by atoms with van der Waals surface area (Å²) in [5, 5.41) is 7.82. The van der Waals surface area contributed by atoms with E-state index in [4.69, 9.17) is 9.84 Å². The number of carbonyl (C=O) groups is 2.